The Kier molecular flexibility index (Phi) is 6.18. The minimum atomic E-state index is -8.29. The van der Waals surface area contributed by atoms with E-state index < -0.39 is 54.5 Å². The molecule has 0 aliphatic carbocycles. The van der Waals surface area contributed by atoms with Crippen LogP contribution < -0.4 is 0 Å². The molecule has 0 saturated heterocycles. The monoisotopic (exact) mass is 432 g/mol. The van der Waals surface area contributed by atoms with Gasteiger partial charge in [0.25, 0.3) is 6.43 Å². The van der Waals surface area contributed by atoms with Gasteiger partial charge in [-0.15, -0.1) is 0 Å². The van der Waals surface area contributed by atoms with Crippen LogP contribution in [0.2, 0.25) is 0 Å². The number of aliphatic hydroxyl groups is 1. The lowest BCUT2D eigenvalue weighted by molar-refractivity contribution is -0.454. The fourth-order valence-electron chi connectivity index (χ4n) is 1.29. The van der Waals surface area contributed by atoms with Gasteiger partial charge in [0, 0.05) is 0 Å². The molecular weight excluding hydrogens is 428 g/mol. The van der Waals surface area contributed by atoms with E-state index in [9.17, 15) is 70.2 Å². The van der Waals surface area contributed by atoms with Crippen LogP contribution in [0.15, 0.2) is 0 Å². The Morgan fingerprint density at radius 1 is 0.500 bits per heavy atom. The summed E-state index contributed by atoms with van der Waals surface area (Å²) in [7, 11) is 0. The lowest BCUT2D eigenvalue weighted by atomic mass is 9.90. The normalized spacial score (nSPS) is 18.2. The molecule has 0 bridgehead atoms. The van der Waals surface area contributed by atoms with Gasteiger partial charge in [0.2, 0.25) is 6.17 Å². The third-order valence-electron chi connectivity index (χ3n) is 2.85. The Balaban J connectivity index is 6.33. The van der Waals surface area contributed by atoms with E-state index in [1.807, 2.05) is 0 Å². The van der Waals surface area contributed by atoms with Crippen LogP contribution in [0.1, 0.15) is 0 Å². The molecule has 0 aromatic carbocycles. The summed E-state index contributed by atoms with van der Waals surface area (Å²) in [6.45, 7) is 0. The highest BCUT2D eigenvalue weighted by Gasteiger charge is 2.91. The average molecular weight is 432 g/mol. The first-order valence-electron chi connectivity index (χ1n) is 5.57. The molecule has 158 valence electrons. The highest BCUT2D eigenvalue weighted by atomic mass is 19.4. The topological polar surface area (TPSA) is 20.2 Å². The van der Waals surface area contributed by atoms with Crippen molar-refractivity contribution in [2.24, 2.45) is 0 Å². The van der Waals surface area contributed by atoms with Crippen molar-refractivity contribution in [1.82, 2.24) is 0 Å². The molecule has 0 aliphatic rings. The van der Waals surface area contributed by atoms with Crippen molar-refractivity contribution in [2.45, 2.75) is 54.5 Å². The molecule has 0 radical (unpaired) electrons. The zero-order valence-corrected chi connectivity index (χ0v) is 11.2. The first kappa shape index (κ1) is 24.8. The van der Waals surface area contributed by atoms with Crippen LogP contribution in [-0.2, 0) is 0 Å². The van der Waals surface area contributed by atoms with Gasteiger partial charge >= 0.3 is 35.7 Å². The van der Waals surface area contributed by atoms with Crippen molar-refractivity contribution in [2.75, 3.05) is 0 Å². The van der Waals surface area contributed by atoms with Gasteiger partial charge in [-0.1, -0.05) is 0 Å². The smallest absolute Gasteiger partial charge is 0.331 e. The summed E-state index contributed by atoms with van der Waals surface area (Å²) in [5, 5.41) is 7.42. The summed E-state index contributed by atoms with van der Waals surface area (Å²) in [5.41, 5.74) is 0. The average Bonchev–Trinajstić information content (AvgIpc) is 2.43. The second-order valence-electron chi connectivity index (χ2n) is 4.64. The maximum absolute atomic E-state index is 13.0. The van der Waals surface area contributed by atoms with E-state index >= 15 is 0 Å². The number of rotatable bonds is 8. The van der Waals surface area contributed by atoms with Crippen LogP contribution in [0, 0.1) is 0 Å². The van der Waals surface area contributed by atoms with Gasteiger partial charge in [-0.25, -0.2) is 17.6 Å². The highest BCUT2D eigenvalue weighted by molar-refractivity contribution is 5.12. The molecule has 2 unspecified atom stereocenters. The SMILES string of the molecule is OC(F)(F)C(F)(F)C(F)(F)C(F)(F)C(F)(F)C(F)(F)C(F)C(F)C(F)F. The second-order valence-corrected chi connectivity index (χ2v) is 4.64. The van der Waals surface area contributed by atoms with E-state index in [4.69, 9.17) is 5.11 Å². The van der Waals surface area contributed by atoms with E-state index in [1.54, 1.807) is 0 Å². The molecule has 1 N–H and O–H groups in total. The third kappa shape index (κ3) is 3.26. The molecule has 0 rings (SSSR count). The summed E-state index contributed by atoms with van der Waals surface area (Å²) >= 11 is 0. The van der Waals surface area contributed by atoms with Crippen LogP contribution in [0.25, 0.3) is 0 Å². The Morgan fingerprint density at radius 3 is 1.08 bits per heavy atom. The Morgan fingerprint density at radius 2 is 0.808 bits per heavy atom. The molecule has 0 aromatic heterocycles. The van der Waals surface area contributed by atoms with Crippen LogP contribution >= 0.6 is 0 Å². The Hall–Kier alpha value is -1.16. The van der Waals surface area contributed by atoms with Crippen molar-refractivity contribution < 1.29 is 75.4 Å². The first-order chi connectivity index (χ1) is 11.0. The maximum Gasteiger partial charge on any atom is 0.423 e. The quantitative estimate of drug-likeness (QED) is 0.553. The van der Waals surface area contributed by atoms with Gasteiger partial charge in [-0.05, 0) is 0 Å². The zero-order chi connectivity index (χ0) is 21.7. The van der Waals surface area contributed by atoms with Crippen molar-refractivity contribution >= 4 is 0 Å². The minimum Gasteiger partial charge on any atom is -0.331 e. The first-order valence-corrected chi connectivity index (χ1v) is 5.57. The molecule has 0 saturated carbocycles. The number of hydrogen-bond acceptors (Lipinski definition) is 1. The highest BCUT2D eigenvalue weighted by Crippen LogP contribution is 2.60. The summed E-state index contributed by atoms with van der Waals surface area (Å²) < 4.78 is 201. The number of halogens is 16. The summed E-state index contributed by atoms with van der Waals surface area (Å²) in [6, 6.07) is 0. The van der Waals surface area contributed by atoms with Crippen LogP contribution in [0.5, 0.6) is 0 Å². The van der Waals surface area contributed by atoms with Crippen molar-refractivity contribution in [3.8, 4) is 0 Å². The molecule has 0 aromatic rings. The minimum absolute atomic E-state index is 4.87. The van der Waals surface area contributed by atoms with E-state index in [1.165, 1.54) is 0 Å². The lowest BCUT2D eigenvalue weighted by Gasteiger charge is -2.41. The number of alkyl halides is 16. The largest absolute Gasteiger partial charge is 0.423 e. The van der Waals surface area contributed by atoms with E-state index in [2.05, 4.69) is 0 Å². The molecule has 0 heterocycles. The van der Waals surface area contributed by atoms with Crippen LogP contribution in [0.4, 0.5) is 70.2 Å². The maximum atomic E-state index is 13.0. The van der Waals surface area contributed by atoms with Gasteiger partial charge in [-0.2, -0.15) is 52.7 Å². The summed E-state index contributed by atoms with van der Waals surface area (Å²) in [6.07, 6.45) is -22.7. The fourth-order valence-corrected chi connectivity index (χ4v) is 1.29. The molecule has 26 heavy (non-hydrogen) atoms. The Labute approximate surface area is 131 Å². The lowest BCUT2D eigenvalue weighted by Crippen LogP contribution is -2.72. The molecule has 0 amide bonds. The van der Waals surface area contributed by atoms with Crippen molar-refractivity contribution in [1.29, 1.82) is 0 Å². The molecule has 1 nitrogen and oxygen atoms in total. The van der Waals surface area contributed by atoms with Crippen LogP contribution in [-0.4, -0.2) is 59.6 Å². The van der Waals surface area contributed by atoms with Crippen LogP contribution in [0.3, 0.4) is 0 Å². The summed E-state index contributed by atoms with van der Waals surface area (Å²) in [4.78, 5) is 0. The summed E-state index contributed by atoms with van der Waals surface area (Å²) in [5.74, 6) is -39.9. The van der Waals surface area contributed by atoms with Gasteiger partial charge in [0.15, 0.2) is 6.17 Å². The second kappa shape index (κ2) is 6.47. The van der Waals surface area contributed by atoms with Gasteiger partial charge in [0.1, 0.15) is 0 Å². The van der Waals surface area contributed by atoms with Gasteiger partial charge in [0.05, 0.1) is 0 Å². The van der Waals surface area contributed by atoms with E-state index in [0.717, 1.165) is 0 Å². The van der Waals surface area contributed by atoms with Gasteiger partial charge in [-0.3, -0.25) is 0 Å². The number of hydrogen-bond donors (Lipinski definition) is 1. The standard InChI is InChI=1S/C9H4F16O/c10-1(3(12)13)2(11)4(14,15)5(16,17)6(18,19)7(20,21)8(22,23)9(24,25)26/h1-3,26H. The molecule has 0 spiro atoms. The molecule has 17 heteroatoms. The molecule has 0 aliphatic heterocycles. The van der Waals surface area contributed by atoms with Gasteiger partial charge < -0.3 is 5.11 Å². The third-order valence-corrected chi connectivity index (χ3v) is 2.85. The zero-order valence-electron chi connectivity index (χ0n) is 11.2. The molecule has 2 atom stereocenters. The Bertz CT molecular complexity index is 492. The molecule has 0 fully saturated rings. The van der Waals surface area contributed by atoms with Crippen molar-refractivity contribution in [3.05, 3.63) is 0 Å². The molecular formula is C9H4F16O. The van der Waals surface area contributed by atoms with E-state index in [-0.39, 0.29) is 0 Å². The predicted molar refractivity (Wildman–Crippen MR) is 47.7 cm³/mol. The predicted octanol–water partition coefficient (Wildman–Crippen LogP) is 4.69. The van der Waals surface area contributed by atoms with E-state index in [0.29, 0.717) is 0 Å². The fraction of sp³-hybridized carbons (Fsp3) is 1.00. The van der Waals surface area contributed by atoms with Crippen molar-refractivity contribution in [3.63, 3.8) is 0 Å².